The summed E-state index contributed by atoms with van der Waals surface area (Å²) in [6, 6.07) is 5.02. The summed E-state index contributed by atoms with van der Waals surface area (Å²) in [5.41, 5.74) is 1.37. The molecule has 0 heterocycles. The first kappa shape index (κ1) is 14.6. The molecule has 0 radical (unpaired) electrons. The van der Waals surface area contributed by atoms with Gasteiger partial charge in [0.1, 0.15) is 4.33 Å². The van der Waals surface area contributed by atoms with E-state index in [4.69, 9.17) is 23.2 Å². The minimum atomic E-state index is -3.88. The van der Waals surface area contributed by atoms with Crippen LogP contribution in [0.15, 0.2) is 23.1 Å². The van der Waals surface area contributed by atoms with Crippen molar-refractivity contribution in [2.45, 2.75) is 29.5 Å². The van der Waals surface area contributed by atoms with E-state index < -0.39 is 26.2 Å². The van der Waals surface area contributed by atoms with Crippen LogP contribution in [0.2, 0.25) is 0 Å². The Labute approximate surface area is 122 Å². The van der Waals surface area contributed by atoms with Crippen molar-refractivity contribution >= 4 is 39.1 Å². The zero-order valence-corrected chi connectivity index (χ0v) is 12.7. The van der Waals surface area contributed by atoms with Gasteiger partial charge in [-0.1, -0.05) is 12.1 Å². The second kappa shape index (κ2) is 4.65. The third kappa shape index (κ3) is 3.04. The molecule has 4 nitrogen and oxygen atoms in total. The molecule has 1 aliphatic carbocycles. The first-order chi connectivity index (χ1) is 8.63. The number of halogens is 2. The monoisotopic (exact) mass is 321 g/mol. The van der Waals surface area contributed by atoms with Gasteiger partial charge in [0.15, 0.2) is 0 Å². The number of rotatable bonds is 3. The molecule has 1 fully saturated rings. The summed E-state index contributed by atoms with van der Waals surface area (Å²) in [6.45, 7) is 3.45. The Morgan fingerprint density at radius 2 is 1.95 bits per heavy atom. The molecule has 19 heavy (non-hydrogen) atoms. The van der Waals surface area contributed by atoms with Gasteiger partial charge in [-0.05, 0) is 37.5 Å². The lowest BCUT2D eigenvalue weighted by Crippen LogP contribution is -2.33. The number of carbonyl (C=O) groups is 1. The molecular formula is C12H13Cl2NO3S. The van der Waals surface area contributed by atoms with E-state index >= 15 is 0 Å². The molecule has 1 N–H and O–H groups in total. The number of nitrogens with one attached hydrogen (secondary N) is 1. The third-order valence-electron chi connectivity index (χ3n) is 3.01. The van der Waals surface area contributed by atoms with Gasteiger partial charge in [0.2, 0.25) is 5.91 Å². The molecule has 0 spiro atoms. The Bertz CT molecular complexity index is 640. The molecule has 1 amide bonds. The second-order valence-electron chi connectivity index (χ2n) is 4.76. The van der Waals surface area contributed by atoms with Gasteiger partial charge in [-0.15, -0.1) is 23.2 Å². The van der Waals surface area contributed by atoms with E-state index in [0.717, 1.165) is 5.56 Å². The lowest BCUT2D eigenvalue weighted by molar-refractivity contribution is -0.120. The van der Waals surface area contributed by atoms with Gasteiger partial charge < -0.3 is 0 Å². The van der Waals surface area contributed by atoms with E-state index in [9.17, 15) is 13.2 Å². The Hall–Kier alpha value is -0.780. The number of sulfonamides is 1. The predicted molar refractivity (Wildman–Crippen MR) is 73.8 cm³/mol. The maximum atomic E-state index is 12.1. The van der Waals surface area contributed by atoms with Crippen LogP contribution in [0.4, 0.5) is 0 Å². The number of carbonyl (C=O) groups excluding carboxylic acids is 1. The van der Waals surface area contributed by atoms with Gasteiger partial charge in [0, 0.05) is 0 Å². The van der Waals surface area contributed by atoms with Gasteiger partial charge in [-0.2, -0.15) is 0 Å². The van der Waals surface area contributed by atoms with Crippen molar-refractivity contribution in [1.29, 1.82) is 0 Å². The second-order valence-corrected chi connectivity index (χ2v) is 7.95. The van der Waals surface area contributed by atoms with Crippen molar-refractivity contribution in [3.05, 3.63) is 29.3 Å². The normalized spacial score (nSPS) is 20.9. The van der Waals surface area contributed by atoms with Crippen LogP contribution in [0.3, 0.4) is 0 Å². The molecule has 0 saturated heterocycles. The smallest absolute Gasteiger partial charge is 0.264 e. The van der Waals surface area contributed by atoms with Crippen molar-refractivity contribution in [3.63, 3.8) is 0 Å². The van der Waals surface area contributed by atoms with Crippen molar-refractivity contribution in [2.75, 3.05) is 0 Å². The molecule has 1 unspecified atom stereocenters. The molecule has 1 aromatic rings. The van der Waals surface area contributed by atoms with Crippen LogP contribution in [0.1, 0.15) is 17.5 Å². The lowest BCUT2D eigenvalue weighted by atomic mass is 10.2. The molecule has 0 bridgehead atoms. The Morgan fingerprint density at radius 1 is 1.37 bits per heavy atom. The molecule has 2 rings (SSSR count). The van der Waals surface area contributed by atoms with E-state index in [-0.39, 0.29) is 11.3 Å². The maximum absolute atomic E-state index is 12.1. The first-order valence-electron chi connectivity index (χ1n) is 5.65. The summed E-state index contributed by atoms with van der Waals surface area (Å²) in [7, 11) is -3.88. The summed E-state index contributed by atoms with van der Waals surface area (Å²) < 4.78 is 25.2. The topological polar surface area (TPSA) is 63.2 Å². The molecule has 0 aromatic heterocycles. The lowest BCUT2D eigenvalue weighted by Gasteiger charge is -2.10. The van der Waals surface area contributed by atoms with Crippen LogP contribution in [-0.4, -0.2) is 18.7 Å². The molecule has 1 atom stereocenters. The summed E-state index contributed by atoms with van der Waals surface area (Å²) in [5, 5.41) is 0. The number of amides is 1. The molecule has 104 valence electrons. The molecule has 1 aromatic carbocycles. The van der Waals surface area contributed by atoms with Crippen LogP contribution >= 0.6 is 23.2 Å². The van der Waals surface area contributed by atoms with E-state index in [1.54, 1.807) is 26.0 Å². The highest BCUT2D eigenvalue weighted by Crippen LogP contribution is 2.53. The summed E-state index contributed by atoms with van der Waals surface area (Å²) in [6.07, 6.45) is 0.268. The summed E-state index contributed by atoms with van der Waals surface area (Å²) >= 11 is 11.5. The van der Waals surface area contributed by atoms with Crippen molar-refractivity contribution in [2.24, 2.45) is 5.92 Å². The minimum Gasteiger partial charge on any atom is -0.274 e. The first-order valence-corrected chi connectivity index (χ1v) is 7.89. The van der Waals surface area contributed by atoms with E-state index in [1.807, 2.05) is 4.72 Å². The average molecular weight is 322 g/mol. The highest BCUT2D eigenvalue weighted by atomic mass is 35.5. The van der Waals surface area contributed by atoms with Gasteiger partial charge >= 0.3 is 0 Å². The Balaban J connectivity index is 2.24. The van der Waals surface area contributed by atoms with Gasteiger partial charge in [-0.25, -0.2) is 13.1 Å². The highest BCUT2D eigenvalue weighted by Gasteiger charge is 2.57. The zero-order chi connectivity index (χ0) is 14.4. The number of hydrogen-bond acceptors (Lipinski definition) is 3. The highest BCUT2D eigenvalue weighted by molar-refractivity contribution is 7.90. The van der Waals surface area contributed by atoms with Crippen molar-refractivity contribution in [3.8, 4) is 0 Å². The van der Waals surface area contributed by atoms with Crippen LogP contribution in [-0.2, 0) is 14.8 Å². The fourth-order valence-electron chi connectivity index (χ4n) is 1.75. The summed E-state index contributed by atoms with van der Waals surface area (Å²) in [4.78, 5) is 11.8. The Morgan fingerprint density at radius 3 is 2.47 bits per heavy atom. The number of aryl methyl sites for hydroxylation is 2. The standard InChI is InChI=1S/C12H13Cl2NO3S/c1-7-3-4-8(2)10(5-7)19(17,18)15-11(16)9-6-12(9,13)14/h3-5,9H,6H2,1-2H3,(H,15,16). The Kier molecular flexibility index (Phi) is 3.58. The number of hydrogen-bond donors (Lipinski definition) is 1. The van der Waals surface area contributed by atoms with Crippen LogP contribution < -0.4 is 4.72 Å². The van der Waals surface area contributed by atoms with Gasteiger partial charge in [0.25, 0.3) is 10.0 Å². The third-order valence-corrected chi connectivity index (χ3v) is 5.33. The minimum absolute atomic E-state index is 0.0937. The molecule has 1 aliphatic rings. The maximum Gasteiger partial charge on any atom is 0.264 e. The van der Waals surface area contributed by atoms with Gasteiger partial charge in [-0.3, -0.25) is 4.79 Å². The number of benzene rings is 1. The molecule has 1 saturated carbocycles. The average Bonchev–Trinajstić information content (AvgIpc) is 2.91. The fraction of sp³-hybridized carbons (Fsp3) is 0.417. The molecule has 7 heteroatoms. The largest absolute Gasteiger partial charge is 0.274 e. The van der Waals surface area contributed by atoms with Crippen molar-refractivity contribution in [1.82, 2.24) is 4.72 Å². The van der Waals surface area contributed by atoms with E-state index in [2.05, 4.69) is 0 Å². The molecular weight excluding hydrogens is 309 g/mol. The van der Waals surface area contributed by atoms with E-state index in [1.165, 1.54) is 6.07 Å². The number of alkyl halides is 2. The van der Waals surface area contributed by atoms with Crippen LogP contribution in [0.5, 0.6) is 0 Å². The fourth-order valence-corrected chi connectivity index (χ4v) is 3.61. The van der Waals surface area contributed by atoms with Crippen LogP contribution in [0, 0.1) is 19.8 Å². The van der Waals surface area contributed by atoms with Crippen molar-refractivity contribution < 1.29 is 13.2 Å². The van der Waals surface area contributed by atoms with E-state index in [0.29, 0.717) is 5.56 Å². The molecule has 0 aliphatic heterocycles. The zero-order valence-electron chi connectivity index (χ0n) is 10.4. The summed E-state index contributed by atoms with van der Waals surface area (Å²) in [5.74, 6) is -1.33. The van der Waals surface area contributed by atoms with Crippen LogP contribution in [0.25, 0.3) is 0 Å². The quantitative estimate of drug-likeness (QED) is 0.869. The predicted octanol–water partition coefficient (Wildman–Crippen LogP) is 2.30. The SMILES string of the molecule is Cc1ccc(C)c(S(=O)(=O)NC(=O)C2CC2(Cl)Cl)c1. The van der Waals surface area contributed by atoms with Gasteiger partial charge in [0.05, 0.1) is 10.8 Å².